The molecule has 2 aromatic rings. The third kappa shape index (κ3) is 5.10. The van der Waals surface area contributed by atoms with E-state index in [1.165, 1.54) is 63.4 Å². The van der Waals surface area contributed by atoms with E-state index in [1.807, 2.05) is 0 Å². The fraction of sp³-hybridized carbons (Fsp3) is 0.640. The lowest BCUT2D eigenvalue weighted by molar-refractivity contribution is 0.400. The van der Waals surface area contributed by atoms with Crippen molar-refractivity contribution in [2.45, 2.75) is 57.8 Å². The van der Waals surface area contributed by atoms with Gasteiger partial charge in [-0.3, -0.25) is 0 Å². The second-order valence-electron chi connectivity index (χ2n) is 9.45. The Morgan fingerprint density at radius 2 is 1.03 bits per heavy atom. The van der Waals surface area contributed by atoms with Crippen LogP contribution in [0.15, 0.2) is 30.3 Å². The first-order valence-corrected chi connectivity index (χ1v) is 12.4. The Kier molecular flexibility index (Phi) is 6.51. The van der Waals surface area contributed by atoms with Crippen LogP contribution >= 0.6 is 0 Å². The summed E-state index contributed by atoms with van der Waals surface area (Å²) in [6.07, 6.45) is 11.2. The van der Waals surface area contributed by atoms with Crippen LogP contribution in [0, 0.1) is 5.92 Å². The monoisotopic (exact) mass is 420 g/mol. The van der Waals surface area contributed by atoms with E-state index >= 15 is 0 Å². The molecule has 3 saturated heterocycles. The second-order valence-corrected chi connectivity index (χ2v) is 9.45. The summed E-state index contributed by atoms with van der Waals surface area (Å²) in [6.45, 7) is 6.37. The van der Waals surface area contributed by atoms with Crippen molar-refractivity contribution in [2.75, 3.05) is 54.0 Å². The van der Waals surface area contributed by atoms with Gasteiger partial charge >= 0.3 is 0 Å². The van der Waals surface area contributed by atoms with Crippen LogP contribution in [0.3, 0.4) is 0 Å². The van der Waals surface area contributed by atoms with Gasteiger partial charge in [0, 0.05) is 39.3 Å². The molecule has 6 nitrogen and oxygen atoms in total. The van der Waals surface area contributed by atoms with E-state index in [0.717, 1.165) is 63.0 Å². The molecule has 0 spiro atoms. The molecule has 0 N–H and O–H groups in total. The average Bonchev–Trinajstić information content (AvgIpc) is 2.86. The summed E-state index contributed by atoms with van der Waals surface area (Å²) in [5.74, 6) is 3.45. The minimum absolute atomic E-state index is 0.753. The van der Waals surface area contributed by atoms with Crippen molar-refractivity contribution in [1.29, 1.82) is 0 Å². The first-order chi connectivity index (χ1) is 15.3. The zero-order chi connectivity index (χ0) is 20.9. The maximum atomic E-state index is 4.99. The van der Waals surface area contributed by atoms with Crippen LogP contribution in [0.25, 0.3) is 0 Å². The van der Waals surface area contributed by atoms with Gasteiger partial charge < -0.3 is 14.7 Å². The molecule has 0 bridgehead atoms. The standard InChI is InChI=1S/C25H36N6/c1-4-10-21(11-5-1)20-22-12-18-31(19-13-22)25-27-23(29-14-6-2-7-15-29)26-24(28-25)30-16-8-3-9-17-30/h1,4-5,10-11,22H,2-3,6-9,12-20H2. The molecule has 3 fully saturated rings. The second kappa shape index (κ2) is 9.84. The SMILES string of the molecule is c1ccc(CC2CCN(c3nc(N4CCCCC4)nc(N4CCCCC4)n3)CC2)cc1. The van der Waals surface area contributed by atoms with Crippen LogP contribution in [0.2, 0.25) is 0 Å². The third-order valence-electron chi connectivity index (χ3n) is 7.14. The van der Waals surface area contributed by atoms with E-state index in [4.69, 9.17) is 15.0 Å². The third-order valence-corrected chi connectivity index (χ3v) is 7.14. The van der Waals surface area contributed by atoms with Crippen molar-refractivity contribution in [3.05, 3.63) is 35.9 Å². The highest BCUT2D eigenvalue weighted by atomic mass is 15.4. The van der Waals surface area contributed by atoms with E-state index in [2.05, 4.69) is 45.0 Å². The number of hydrogen-bond donors (Lipinski definition) is 0. The summed E-state index contributed by atoms with van der Waals surface area (Å²) in [6, 6.07) is 10.9. The molecule has 4 heterocycles. The summed E-state index contributed by atoms with van der Waals surface area (Å²) in [4.78, 5) is 22.1. The van der Waals surface area contributed by atoms with Gasteiger partial charge in [-0.15, -0.1) is 0 Å². The summed E-state index contributed by atoms with van der Waals surface area (Å²) >= 11 is 0. The number of anilines is 3. The fourth-order valence-electron chi connectivity index (χ4n) is 5.24. The van der Waals surface area contributed by atoms with Gasteiger partial charge in [-0.2, -0.15) is 15.0 Å². The Bertz CT molecular complexity index is 785. The van der Waals surface area contributed by atoms with E-state index in [9.17, 15) is 0 Å². The molecule has 5 rings (SSSR count). The first kappa shape index (κ1) is 20.5. The topological polar surface area (TPSA) is 48.4 Å². The van der Waals surface area contributed by atoms with Crippen molar-refractivity contribution in [1.82, 2.24) is 15.0 Å². The number of rotatable bonds is 5. The molecule has 0 saturated carbocycles. The van der Waals surface area contributed by atoms with Gasteiger partial charge in [-0.25, -0.2) is 0 Å². The lowest BCUT2D eigenvalue weighted by Crippen LogP contribution is -2.38. The molecule has 0 radical (unpaired) electrons. The van der Waals surface area contributed by atoms with E-state index in [-0.39, 0.29) is 0 Å². The molecular formula is C25H36N6. The molecule has 0 atom stereocenters. The molecule has 1 aromatic heterocycles. The normalized spacial score (nSPS) is 20.8. The molecule has 31 heavy (non-hydrogen) atoms. The van der Waals surface area contributed by atoms with Crippen LogP contribution in [-0.4, -0.2) is 54.2 Å². The minimum atomic E-state index is 0.753. The molecule has 0 unspecified atom stereocenters. The van der Waals surface area contributed by atoms with Crippen molar-refractivity contribution >= 4 is 17.8 Å². The largest absolute Gasteiger partial charge is 0.341 e. The van der Waals surface area contributed by atoms with Crippen molar-refractivity contribution in [3.63, 3.8) is 0 Å². The molecule has 1 aromatic carbocycles. The highest BCUT2D eigenvalue weighted by Gasteiger charge is 2.25. The van der Waals surface area contributed by atoms with Gasteiger partial charge in [-0.1, -0.05) is 30.3 Å². The molecule has 6 heteroatoms. The van der Waals surface area contributed by atoms with Crippen molar-refractivity contribution in [3.8, 4) is 0 Å². The Hall–Kier alpha value is -2.37. The zero-order valence-electron chi connectivity index (χ0n) is 18.8. The molecule has 0 aliphatic carbocycles. The Morgan fingerprint density at radius 3 is 1.52 bits per heavy atom. The molecule has 3 aliphatic heterocycles. The van der Waals surface area contributed by atoms with Crippen LogP contribution in [0.5, 0.6) is 0 Å². The minimum Gasteiger partial charge on any atom is -0.341 e. The van der Waals surface area contributed by atoms with Gasteiger partial charge in [0.1, 0.15) is 0 Å². The first-order valence-electron chi connectivity index (χ1n) is 12.4. The number of piperidine rings is 3. The van der Waals surface area contributed by atoms with Gasteiger partial charge in [0.15, 0.2) is 0 Å². The van der Waals surface area contributed by atoms with Gasteiger partial charge in [0.2, 0.25) is 17.8 Å². The lowest BCUT2D eigenvalue weighted by atomic mass is 9.90. The van der Waals surface area contributed by atoms with E-state index in [0.29, 0.717) is 0 Å². The molecule has 166 valence electrons. The molecular weight excluding hydrogens is 384 g/mol. The van der Waals surface area contributed by atoms with Gasteiger partial charge in [0.25, 0.3) is 0 Å². The van der Waals surface area contributed by atoms with Crippen LogP contribution < -0.4 is 14.7 Å². The van der Waals surface area contributed by atoms with Crippen LogP contribution in [-0.2, 0) is 6.42 Å². The fourth-order valence-corrected chi connectivity index (χ4v) is 5.24. The summed E-state index contributed by atoms with van der Waals surface area (Å²) in [7, 11) is 0. The average molecular weight is 421 g/mol. The van der Waals surface area contributed by atoms with E-state index < -0.39 is 0 Å². The summed E-state index contributed by atoms with van der Waals surface area (Å²) in [5, 5.41) is 0. The van der Waals surface area contributed by atoms with Crippen molar-refractivity contribution < 1.29 is 0 Å². The van der Waals surface area contributed by atoms with Gasteiger partial charge in [-0.05, 0) is 69.3 Å². The Balaban J connectivity index is 1.31. The highest BCUT2D eigenvalue weighted by Crippen LogP contribution is 2.28. The maximum Gasteiger partial charge on any atom is 0.231 e. The number of nitrogens with zero attached hydrogens (tertiary/aromatic N) is 6. The van der Waals surface area contributed by atoms with Gasteiger partial charge in [0.05, 0.1) is 0 Å². The zero-order valence-corrected chi connectivity index (χ0v) is 18.8. The Labute approximate surface area is 186 Å². The quantitative estimate of drug-likeness (QED) is 0.718. The van der Waals surface area contributed by atoms with Crippen molar-refractivity contribution in [2.24, 2.45) is 5.92 Å². The number of aromatic nitrogens is 3. The number of benzene rings is 1. The van der Waals surface area contributed by atoms with E-state index in [1.54, 1.807) is 0 Å². The molecule has 3 aliphatic rings. The van der Waals surface area contributed by atoms with Crippen LogP contribution in [0.4, 0.5) is 17.8 Å². The smallest absolute Gasteiger partial charge is 0.231 e. The predicted molar refractivity (Wildman–Crippen MR) is 127 cm³/mol. The van der Waals surface area contributed by atoms with Crippen LogP contribution in [0.1, 0.15) is 56.9 Å². The maximum absolute atomic E-state index is 4.99. The summed E-state index contributed by atoms with van der Waals surface area (Å²) in [5.41, 5.74) is 1.46. The predicted octanol–water partition coefficient (Wildman–Crippen LogP) is 4.31. The molecule has 0 amide bonds. The highest BCUT2D eigenvalue weighted by molar-refractivity contribution is 5.47. The summed E-state index contributed by atoms with van der Waals surface area (Å²) < 4.78 is 0. The lowest BCUT2D eigenvalue weighted by Gasteiger charge is -2.34. The number of hydrogen-bond acceptors (Lipinski definition) is 6. The Morgan fingerprint density at radius 1 is 0.581 bits per heavy atom.